The van der Waals surface area contributed by atoms with Gasteiger partial charge in [0.05, 0.1) is 0 Å². The smallest absolute Gasteiger partial charge is 0.405 e. The number of rotatable bonds is 7. The summed E-state index contributed by atoms with van der Waals surface area (Å²) < 4.78 is 0. The predicted octanol–water partition coefficient (Wildman–Crippen LogP) is 1.70. The third kappa shape index (κ3) is 5.27. The Hall–Kier alpha value is -2.08. The van der Waals surface area contributed by atoms with Crippen LogP contribution in [0.3, 0.4) is 0 Å². The van der Waals surface area contributed by atoms with Crippen molar-refractivity contribution in [3.05, 3.63) is 29.8 Å². The molecule has 0 aliphatic rings. The van der Waals surface area contributed by atoms with E-state index >= 15 is 0 Å². The molecule has 110 valence electrons. The Morgan fingerprint density at radius 1 is 1.30 bits per heavy atom. The quantitative estimate of drug-likeness (QED) is 0.570. The van der Waals surface area contributed by atoms with Gasteiger partial charge in [0.15, 0.2) is 0 Å². The van der Waals surface area contributed by atoms with E-state index in [1.807, 2.05) is 25.1 Å². The zero-order valence-corrected chi connectivity index (χ0v) is 11.6. The maximum atomic E-state index is 12.1. The van der Waals surface area contributed by atoms with Crippen molar-refractivity contribution in [3.8, 4) is 0 Å². The Balaban J connectivity index is 2.67. The monoisotopic (exact) mass is 279 g/mol. The third-order valence-electron chi connectivity index (χ3n) is 2.96. The number of para-hydroxylation sites is 1. The maximum absolute atomic E-state index is 12.1. The highest BCUT2D eigenvalue weighted by Crippen LogP contribution is 2.14. The van der Waals surface area contributed by atoms with Gasteiger partial charge in [-0.1, -0.05) is 18.2 Å². The van der Waals surface area contributed by atoms with Gasteiger partial charge in [-0.2, -0.15) is 0 Å². The first kappa shape index (κ1) is 16.0. The Morgan fingerprint density at radius 2 is 2.00 bits per heavy atom. The minimum absolute atomic E-state index is 0.348. The fraction of sp³-hybridized carbons (Fsp3) is 0.429. The summed E-state index contributed by atoms with van der Waals surface area (Å²) in [6, 6.07) is 6.59. The zero-order valence-electron chi connectivity index (χ0n) is 11.6. The highest BCUT2D eigenvalue weighted by atomic mass is 16.4. The van der Waals surface area contributed by atoms with Gasteiger partial charge in [0.1, 0.15) is 6.04 Å². The van der Waals surface area contributed by atoms with Crippen molar-refractivity contribution in [1.29, 1.82) is 0 Å². The van der Waals surface area contributed by atoms with Crippen LogP contribution in [0.25, 0.3) is 0 Å². The van der Waals surface area contributed by atoms with Gasteiger partial charge in [0.25, 0.3) is 0 Å². The summed E-state index contributed by atoms with van der Waals surface area (Å²) in [5.41, 5.74) is 7.01. The molecule has 6 nitrogen and oxygen atoms in total. The molecule has 0 saturated carbocycles. The number of benzene rings is 1. The second-order valence-corrected chi connectivity index (χ2v) is 4.59. The lowest BCUT2D eigenvalue weighted by atomic mass is 10.1. The van der Waals surface area contributed by atoms with Gasteiger partial charge in [-0.3, -0.25) is 4.79 Å². The first-order valence-electron chi connectivity index (χ1n) is 6.60. The third-order valence-corrected chi connectivity index (χ3v) is 2.96. The number of aryl methyl sites for hydroxylation is 1. The van der Waals surface area contributed by atoms with Gasteiger partial charge >= 0.3 is 6.09 Å². The summed E-state index contributed by atoms with van der Waals surface area (Å²) >= 11 is 0. The normalized spacial score (nSPS) is 11.7. The molecule has 0 radical (unpaired) electrons. The SMILES string of the molecule is Cc1ccccc1NC(=O)[C@H](CCCCN)NC(=O)O. The summed E-state index contributed by atoms with van der Waals surface area (Å²) in [4.78, 5) is 22.9. The Labute approximate surface area is 118 Å². The van der Waals surface area contributed by atoms with Crippen molar-refractivity contribution < 1.29 is 14.7 Å². The van der Waals surface area contributed by atoms with Crippen LogP contribution in [0.2, 0.25) is 0 Å². The van der Waals surface area contributed by atoms with Gasteiger partial charge in [0, 0.05) is 5.69 Å². The average molecular weight is 279 g/mol. The molecule has 1 aromatic carbocycles. The van der Waals surface area contributed by atoms with Gasteiger partial charge < -0.3 is 21.5 Å². The fourth-order valence-electron chi connectivity index (χ4n) is 1.84. The summed E-state index contributed by atoms with van der Waals surface area (Å²) in [7, 11) is 0. The molecule has 6 heteroatoms. The van der Waals surface area contributed by atoms with Crippen molar-refractivity contribution in [2.75, 3.05) is 11.9 Å². The first-order chi connectivity index (χ1) is 9.54. The molecule has 0 fully saturated rings. The highest BCUT2D eigenvalue weighted by molar-refractivity contribution is 5.96. The molecular formula is C14H21N3O3. The number of unbranched alkanes of at least 4 members (excludes halogenated alkanes) is 1. The van der Waals surface area contributed by atoms with E-state index in [4.69, 9.17) is 10.8 Å². The number of nitrogens with two attached hydrogens (primary N) is 1. The molecule has 0 aliphatic heterocycles. The van der Waals surface area contributed by atoms with E-state index in [1.54, 1.807) is 6.07 Å². The highest BCUT2D eigenvalue weighted by Gasteiger charge is 2.20. The molecule has 20 heavy (non-hydrogen) atoms. The topological polar surface area (TPSA) is 104 Å². The number of anilines is 1. The predicted molar refractivity (Wildman–Crippen MR) is 77.7 cm³/mol. The van der Waals surface area contributed by atoms with E-state index < -0.39 is 12.1 Å². The van der Waals surface area contributed by atoms with Gasteiger partial charge in [-0.05, 0) is 44.4 Å². The molecule has 5 N–H and O–H groups in total. The van der Waals surface area contributed by atoms with Crippen LogP contribution < -0.4 is 16.4 Å². The van der Waals surface area contributed by atoms with E-state index in [9.17, 15) is 9.59 Å². The molecule has 0 heterocycles. The summed E-state index contributed by atoms with van der Waals surface area (Å²) in [6.07, 6.45) is 0.682. The molecule has 2 amide bonds. The molecule has 0 aromatic heterocycles. The number of carboxylic acid groups (broad SMARTS) is 1. The standard InChI is InChI=1S/C14H21N3O3/c1-10-6-2-3-7-11(10)16-13(18)12(17-14(19)20)8-4-5-9-15/h2-3,6-7,12,17H,4-5,8-9,15H2,1H3,(H,16,18)(H,19,20)/t12-/m0/s1. The van der Waals surface area contributed by atoms with Crippen molar-refractivity contribution in [2.24, 2.45) is 5.73 Å². The molecule has 0 spiro atoms. The van der Waals surface area contributed by atoms with Crippen LogP contribution >= 0.6 is 0 Å². The van der Waals surface area contributed by atoms with Crippen molar-refractivity contribution in [3.63, 3.8) is 0 Å². The van der Waals surface area contributed by atoms with Crippen LogP contribution in [0.5, 0.6) is 0 Å². The van der Waals surface area contributed by atoms with Gasteiger partial charge in [-0.15, -0.1) is 0 Å². The minimum atomic E-state index is -1.21. The van der Waals surface area contributed by atoms with E-state index in [0.29, 0.717) is 25.1 Å². The van der Waals surface area contributed by atoms with Crippen LogP contribution in [-0.4, -0.2) is 29.7 Å². The lowest BCUT2D eigenvalue weighted by Gasteiger charge is -2.17. The van der Waals surface area contributed by atoms with E-state index in [2.05, 4.69) is 10.6 Å². The van der Waals surface area contributed by atoms with Crippen LogP contribution in [0.4, 0.5) is 10.5 Å². The van der Waals surface area contributed by atoms with E-state index in [0.717, 1.165) is 12.0 Å². The minimum Gasteiger partial charge on any atom is -0.465 e. The average Bonchev–Trinajstić information content (AvgIpc) is 2.40. The number of hydrogen-bond acceptors (Lipinski definition) is 3. The van der Waals surface area contributed by atoms with Crippen molar-refractivity contribution >= 4 is 17.7 Å². The van der Waals surface area contributed by atoms with Crippen LogP contribution in [0, 0.1) is 6.92 Å². The van der Waals surface area contributed by atoms with Gasteiger partial charge in [-0.25, -0.2) is 4.79 Å². The molecule has 0 unspecified atom stereocenters. The second-order valence-electron chi connectivity index (χ2n) is 4.59. The Morgan fingerprint density at radius 3 is 2.60 bits per heavy atom. The molecular weight excluding hydrogens is 258 g/mol. The molecule has 0 bridgehead atoms. The summed E-state index contributed by atoms with van der Waals surface area (Å²) in [5.74, 6) is -0.348. The number of hydrogen-bond donors (Lipinski definition) is 4. The van der Waals surface area contributed by atoms with Crippen LogP contribution in [0.15, 0.2) is 24.3 Å². The Kier molecular flexibility index (Phi) is 6.52. The second kappa shape index (κ2) is 8.16. The van der Waals surface area contributed by atoms with Gasteiger partial charge in [0.2, 0.25) is 5.91 Å². The van der Waals surface area contributed by atoms with Crippen molar-refractivity contribution in [2.45, 2.75) is 32.2 Å². The molecule has 1 rings (SSSR count). The molecule has 0 aliphatic carbocycles. The van der Waals surface area contributed by atoms with E-state index in [-0.39, 0.29) is 5.91 Å². The number of amides is 2. The van der Waals surface area contributed by atoms with Crippen LogP contribution in [-0.2, 0) is 4.79 Å². The maximum Gasteiger partial charge on any atom is 0.405 e. The molecule has 1 aromatic rings. The number of carbonyl (C=O) groups is 2. The summed E-state index contributed by atoms with van der Waals surface area (Å²) in [5, 5.41) is 13.8. The summed E-state index contributed by atoms with van der Waals surface area (Å²) in [6.45, 7) is 2.41. The lowest BCUT2D eigenvalue weighted by Crippen LogP contribution is -2.43. The first-order valence-corrected chi connectivity index (χ1v) is 6.60. The fourth-order valence-corrected chi connectivity index (χ4v) is 1.84. The Bertz CT molecular complexity index is 463. The van der Waals surface area contributed by atoms with E-state index in [1.165, 1.54) is 0 Å². The largest absolute Gasteiger partial charge is 0.465 e. The number of nitrogens with one attached hydrogen (secondary N) is 2. The zero-order chi connectivity index (χ0) is 15.0. The van der Waals surface area contributed by atoms with Crippen molar-refractivity contribution in [1.82, 2.24) is 5.32 Å². The number of carbonyl (C=O) groups excluding carboxylic acids is 1. The van der Waals surface area contributed by atoms with Crippen LogP contribution in [0.1, 0.15) is 24.8 Å². The lowest BCUT2D eigenvalue weighted by molar-refractivity contribution is -0.118. The molecule has 0 saturated heterocycles. The molecule has 1 atom stereocenters.